The zero-order valence-corrected chi connectivity index (χ0v) is 11.6. The molecule has 0 radical (unpaired) electrons. The third kappa shape index (κ3) is 2.47. The number of ketones is 1. The summed E-state index contributed by atoms with van der Waals surface area (Å²) >= 11 is 0. The summed E-state index contributed by atoms with van der Waals surface area (Å²) in [5, 5.41) is 0. The summed E-state index contributed by atoms with van der Waals surface area (Å²) < 4.78 is 13.0. The minimum Gasteiger partial charge on any atom is -0.298 e. The number of rotatable bonds is 1. The molecule has 1 fully saturated rings. The number of carbonyl (C=O) groups excluding carboxylic acids is 1. The Kier molecular flexibility index (Phi) is 3.08. The van der Waals surface area contributed by atoms with Crippen molar-refractivity contribution in [1.29, 1.82) is 0 Å². The lowest BCUT2D eigenvalue weighted by Crippen LogP contribution is -2.41. The van der Waals surface area contributed by atoms with Crippen LogP contribution in [0.25, 0.3) is 0 Å². The average molecular weight is 248 g/mol. The fourth-order valence-electron chi connectivity index (χ4n) is 3.44. The molecule has 98 valence electrons. The van der Waals surface area contributed by atoms with Gasteiger partial charge in [-0.25, -0.2) is 4.39 Å². The molecule has 0 bridgehead atoms. The Hall–Kier alpha value is -1.18. The molecule has 1 atom stereocenters. The van der Waals surface area contributed by atoms with Crippen molar-refractivity contribution in [2.45, 2.75) is 46.5 Å². The second-order valence-electron chi connectivity index (χ2n) is 6.90. The van der Waals surface area contributed by atoms with Crippen molar-refractivity contribution in [2.75, 3.05) is 0 Å². The van der Waals surface area contributed by atoms with Gasteiger partial charge in [0.2, 0.25) is 0 Å². The maximum absolute atomic E-state index is 13.0. The Balaban J connectivity index is 2.37. The average Bonchev–Trinajstić information content (AvgIpc) is 2.23. The molecule has 1 aliphatic rings. The van der Waals surface area contributed by atoms with E-state index in [-0.39, 0.29) is 28.3 Å². The smallest absolute Gasteiger partial charge is 0.145 e. The van der Waals surface area contributed by atoms with Gasteiger partial charge in [-0.3, -0.25) is 4.79 Å². The van der Waals surface area contributed by atoms with E-state index in [2.05, 4.69) is 13.8 Å². The van der Waals surface area contributed by atoms with Gasteiger partial charge >= 0.3 is 0 Å². The van der Waals surface area contributed by atoms with Crippen LogP contribution >= 0.6 is 0 Å². The van der Waals surface area contributed by atoms with E-state index in [1.165, 1.54) is 12.1 Å². The van der Waals surface area contributed by atoms with Crippen LogP contribution < -0.4 is 0 Å². The van der Waals surface area contributed by atoms with Crippen LogP contribution in [0.4, 0.5) is 4.39 Å². The number of carbonyl (C=O) groups is 1. The number of benzene rings is 1. The molecule has 2 heteroatoms. The maximum atomic E-state index is 13.0. The molecule has 0 aromatic heterocycles. The Labute approximate surface area is 108 Å². The van der Waals surface area contributed by atoms with Crippen LogP contribution in [0, 0.1) is 16.6 Å². The third-order valence-corrected chi connectivity index (χ3v) is 3.93. The molecule has 1 unspecified atom stereocenters. The van der Waals surface area contributed by atoms with Gasteiger partial charge in [-0.05, 0) is 36.0 Å². The highest BCUT2D eigenvalue weighted by Gasteiger charge is 2.45. The second-order valence-corrected chi connectivity index (χ2v) is 6.90. The highest BCUT2D eigenvalue weighted by atomic mass is 19.1. The summed E-state index contributed by atoms with van der Waals surface area (Å²) in [5.74, 6) is -0.0571. The van der Waals surface area contributed by atoms with Crippen molar-refractivity contribution in [2.24, 2.45) is 10.8 Å². The molecule has 0 amide bonds. The van der Waals surface area contributed by atoms with E-state index in [0.717, 1.165) is 18.4 Å². The lowest BCUT2D eigenvalue weighted by atomic mass is 9.59. The molecule has 0 aliphatic heterocycles. The molecule has 1 aromatic carbocycles. The van der Waals surface area contributed by atoms with Crippen molar-refractivity contribution in [3.8, 4) is 0 Å². The fourth-order valence-corrected chi connectivity index (χ4v) is 3.44. The van der Waals surface area contributed by atoms with Gasteiger partial charge in [-0.1, -0.05) is 39.8 Å². The van der Waals surface area contributed by atoms with Crippen LogP contribution in [-0.4, -0.2) is 5.78 Å². The van der Waals surface area contributed by atoms with E-state index >= 15 is 0 Å². The molecule has 1 nitrogen and oxygen atoms in total. The zero-order chi connectivity index (χ0) is 13.6. The molecule has 0 saturated heterocycles. The number of halogens is 1. The van der Waals surface area contributed by atoms with Crippen molar-refractivity contribution in [1.82, 2.24) is 0 Å². The van der Waals surface area contributed by atoms with Gasteiger partial charge in [0.15, 0.2) is 0 Å². The van der Waals surface area contributed by atoms with Crippen molar-refractivity contribution in [3.63, 3.8) is 0 Å². The van der Waals surface area contributed by atoms with Gasteiger partial charge in [0.25, 0.3) is 0 Å². The number of hydrogen-bond acceptors (Lipinski definition) is 1. The van der Waals surface area contributed by atoms with Crippen molar-refractivity contribution >= 4 is 5.78 Å². The molecular formula is C16H21FO. The zero-order valence-electron chi connectivity index (χ0n) is 11.6. The molecule has 18 heavy (non-hydrogen) atoms. The van der Waals surface area contributed by atoms with Gasteiger partial charge in [-0.2, -0.15) is 0 Å². The first-order valence-electron chi connectivity index (χ1n) is 6.51. The summed E-state index contributed by atoms with van der Waals surface area (Å²) in [5.41, 5.74) is 0.805. The molecular weight excluding hydrogens is 227 g/mol. The van der Waals surface area contributed by atoms with E-state index in [9.17, 15) is 9.18 Å². The van der Waals surface area contributed by atoms with Crippen molar-refractivity contribution < 1.29 is 9.18 Å². The highest BCUT2D eigenvalue weighted by molar-refractivity contribution is 5.91. The fraction of sp³-hybridized carbons (Fsp3) is 0.562. The van der Waals surface area contributed by atoms with Crippen LogP contribution in [0.15, 0.2) is 24.3 Å². The van der Waals surface area contributed by atoms with Crippen LogP contribution in [0.2, 0.25) is 0 Å². The standard InChI is InChI=1S/C16H21FO/c1-15(2)9-13(14(18)16(3,4)10-15)11-5-7-12(17)8-6-11/h5-8,13H,9-10H2,1-4H3. The van der Waals surface area contributed by atoms with Gasteiger partial charge in [0.1, 0.15) is 11.6 Å². The summed E-state index contributed by atoms with van der Waals surface area (Å²) in [6, 6.07) is 6.37. The Morgan fingerprint density at radius 3 is 2.22 bits per heavy atom. The minimum absolute atomic E-state index is 0.0932. The largest absolute Gasteiger partial charge is 0.298 e. The molecule has 1 aromatic rings. The van der Waals surface area contributed by atoms with Gasteiger partial charge in [-0.15, -0.1) is 0 Å². The maximum Gasteiger partial charge on any atom is 0.145 e. The predicted octanol–water partition coefficient (Wildman–Crippen LogP) is 4.32. The topological polar surface area (TPSA) is 17.1 Å². The van der Waals surface area contributed by atoms with Crippen LogP contribution in [0.3, 0.4) is 0 Å². The SMILES string of the molecule is CC1(C)CC(c2ccc(F)cc2)C(=O)C(C)(C)C1. The quantitative estimate of drug-likeness (QED) is 0.723. The van der Waals surface area contributed by atoms with Crippen LogP contribution in [0.5, 0.6) is 0 Å². The lowest BCUT2D eigenvalue weighted by molar-refractivity contribution is -0.134. The number of Topliss-reactive ketones (excluding diaryl/α,β-unsaturated/α-hetero) is 1. The Morgan fingerprint density at radius 1 is 1.11 bits per heavy atom. The lowest BCUT2D eigenvalue weighted by Gasteiger charge is -2.43. The molecule has 0 N–H and O–H groups in total. The predicted molar refractivity (Wildman–Crippen MR) is 70.9 cm³/mol. The van der Waals surface area contributed by atoms with E-state index in [4.69, 9.17) is 0 Å². The summed E-state index contributed by atoms with van der Waals surface area (Å²) in [6.45, 7) is 8.45. The van der Waals surface area contributed by atoms with E-state index < -0.39 is 0 Å². The summed E-state index contributed by atoms with van der Waals surface area (Å²) in [6.07, 6.45) is 1.76. The van der Waals surface area contributed by atoms with Crippen LogP contribution in [0.1, 0.15) is 52.0 Å². The monoisotopic (exact) mass is 248 g/mol. The second kappa shape index (κ2) is 4.18. The van der Waals surface area contributed by atoms with E-state index in [0.29, 0.717) is 0 Å². The summed E-state index contributed by atoms with van der Waals surface area (Å²) in [7, 11) is 0. The molecule has 2 rings (SSSR count). The first-order chi connectivity index (χ1) is 8.21. The highest BCUT2D eigenvalue weighted by Crippen LogP contribution is 2.49. The molecule has 0 heterocycles. The van der Waals surface area contributed by atoms with Gasteiger partial charge < -0.3 is 0 Å². The Morgan fingerprint density at radius 2 is 1.67 bits per heavy atom. The third-order valence-electron chi connectivity index (χ3n) is 3.93. The van der Waals surface area contributed by atoms with E-state index in [1.54, 1.807) is 12.1 Å². The first-order valence-corrected chi connectivity index (χ1v) is 6.51. The summed E-state index contributed by atoms with van der Waals surface area (Å²) in [4.78, 5) is 12.5. The van der Waals surface area contributed by atoms with Gasteiger partial charge in [0.05, 0.1) is 0 Å². The van der Waals surface area contributed by atoms with Gasteiger partial charge in [0, 0.05) is 11.3 Å². The van der Waals surface area contributed by atoms with Crippen molar-refractivity contribution in [3.05, 3.63) is 35.6 Å². The molecule has 0 spiro atoms. The van der Waals surface area contributed by atoms with E-state index in [1.807, 2.05) is 13.8 Å². The molecule has 1 aliphatic carbocycles. The minimum atomic E-state index is -0.291. The molecule has 1 saturated carbocycles. The first kappa shape index (κ1) is 13.3. The Bertz CT molecular complexity index is 456. The number of hydrogen-bond donors (Lipinski definition) is 0. The van der Waals surface area contributed by atoms with Crippen LogP contribution in [-0.2, 0) is 4.79 Å². The normalized spacial score (nSPS) is 26.1.